The van der Waals surface area contributed by atoms with E-state index in [9.17, 15) is 4.79 Å². The van der Waals surface area contributed by atoms with Crippen molar-refractivity contribution < 1.29 is 4.79 Å². The van der Waals surface area contributed by atoms with Gasteiger partial charge in [0.2, 0.25) is 5.24 Å². The van der Waals surface area contributed by atoms with Crippen LogP contribution >= 0.6 is 11.6 Å². The summed E-state index contributed by atoms with van der Waals surface area (Å²) in [6.07, 6.45) is 2.41. The van der Waals surface area contributed by atoms with Crippen LogP contribution in [0.1, 0.15) is 19.3 Å². The fourth-order valence-corrected chi connectivity index (χ4v) is 0.731. The molecule has 0 heterocycles. The summed E-state index contributed by atoms with van der Waals surface area (Å²) in [5, 5.41) is -0.461. The van der Waals surface area contributed by atoms with Gasteiger partial charge in [-0.05, 0) is 31.0 Å². The lowest BCUT2D eigenvalue weighted by Gasteiger charge is -2.03. The Labute approximate surface area is 65.7 Å². The first kappa shape index (κ1) is 9.88. The number of carbonyl (C=O) groups excluding carboxylic acids is 1. The van der Waals surface area contributed by atoms with Gasteiger partial charge in [-0.15, -0.1) is 0 Å². The zero-order valence-electron chi connectivity index (χ0n) is 5.85. The summed E-state index contributed by atoms with van der Waals surface area (Å²) in [5.74, 6) is 0. The third-order valence-electron chi connectivity index (χ3n) is 1.26. The zero-order chi connectivity index (χ0) is 7.98. The smallest absolute Gasteiger partial charge is 0.238 e. The molecule has 4 heteroatoms. The maximum absolute atomic E-state index is 10.3. The molecule has 0 saturated heterocycles. The number of carbonyl (C=O) groups is 1. The van der Waals surface area contributed by atoms with Crippen molar-refractivity contribution in [2.75, 3.05) is 6.54 Å². The number of rotatable bonds is 5. The largest absolute Gasteiger partial charge is 0.330 e. The molecule has 4 N–H and O–H groups in total. The fourth-order valence-electron chi connectivity index (χ4n) is 0.622. The Hall–Kier alpha value is -0.120. The molecule has 1 atom stereocenters. The van der Waals surface area contributed by atoms with E-state index in [4.69, 9.17) is 23.1 Å². The lowest BCUT2D eigenvalue weighted by Crippen LogP contribution is -2.26. The number of unbranched alkanes of at least 4 members (excludes halogenated alkanes) is 1. The Balaban J connectivity index is 3.21. The average molecular weight is 165 g/mol. The van der Waals surface area contributed by atoms with E-state index in [0.717, 1.165) is 12.8 Å². The molecule has 0 aromatic heterocycles. The maximum atomic E-state index is 10.3. The van der Waals surface area contributed by atoms with Crippen molar-refractivity contribution in [2.24, 2.45) is 11.5 Å². The van der Waals surface area contributed by atoms with Gasteiger partial charge in [-0.1, -0.05) is 6.42 Å². The molecule has 0 radical (unpaired) electrons. The summed E-state index contributed by atoms with van der Waals surface area (Å²) in [4.78, 5) is 10.3. The second-order valence-corrected chi connectivity index (χ2v) is 2.57. The fraction of sp³-hybridized carbons (Fsp3) is 0.833. The zero-order valence-corrected chi connectivity index (χ0v) is 6.60. The summed E-state index contributed by atoms with van der Waals surface area (Å²) in [7, 11) is 0. The molecule has 0 bridgehead atoms. The van der Waals surface area contributed by atoms with E-state index in [0.29, 0.717) is 13.0 Å². The van der Waals surface area contributed by atoms with Gasteiger partial charge in [0.1, 0.15) is 0 Å². The summed E-state index contributed by atoms with van der Waals surface area (Å²) in [6.45, 7) is 0.642. The van der Waals surface area contributed by atoms with Crippen molar-refractivity contribution in [3.63, 3.8) is 0 Å². The second-order valence-electron chi connectivity index (χ2n) is 2.20. The molecule has 0 saturated carbocycles. The summed E-state index contributed by atoms with van der Waals surface area (Å²) >= 11 is 5.11. The van der Waals surface area contributed by atoms with Gasteiger partial charge >= 0.3 is 0 Å². The molecule has 0 fully saturated rings. The minimum absolute atomic E-state index is 0.461. The molecule has 0 rings (SSSR count). The van der Waals surface area contributed by atoms with Crippen molar-refractivity contribution in [3.8, 4) is 0 Å². The summed E-state index contributed by atoms with van der Waals surface area (Å²) in [5.41, 5.74) is 10.6. The van der Waals surface area contributed by atoms with Crippen LogP contribution in [-0.2, 0) is 4.79 Å². The molecule has 0 aliphatic heterocycles. The standard InChI is InChI=1S/C6H13ClN2O/c7-6(10)5(9)3-1-2-4-8/h5H,1-4,8-9H2/t5-/m1/s1. The van der Waals surface area contributed by atoms with Crippen LogP contribution in [0.4, 0.5) is 0 Å². The Morgan fingerprint density at radius 1 is 1.50 bits per heavy atom. The Morgan fingerprint density at radius 3 is 2.50 bits per heavy atom. The molecule has 60 valence electrons. The molecule has 0 unspecified atom stereocenters. The predicted molar refractivity (Wildman–Crippen MR) is 41.7 cm³/mol. The summed E-state index contributed by atoms with van der Waals surface area (Å²) in [6, 6.07) is -0.506. The molecular weight excluding hydrogens is 152 g/mol. The highest BCUT2D eigenvalue weighted by atomic mass is 35.5. The average Bonchev–Trinajstić information content (AvgIpc) is 1.88. The van der Waals surface area contributed by atoms with Gasteiger partial charge in [-0.3, -0.25) is 4.79 Å². The van der Waals surface area contributed by atoms with Gasteiger partial charge < -0.3 is 11.5 Å². The number of nitrogens with two attached hydrogens (primary N) is 2. The normalized spacial score (nSPS) is 13.1. The van der Waals surface area contributed by atoms with Crippen molar-refractivity contribution in [1.29, 1.82) is 0 Å². The number of hydrogen-bond acceptors (Lipinski definition) is 3. The minimum atomic E-state index is -0.506. The van der Waals surface area contributed by atoms with Crippen molar-refractivity contribution in [1.82, 2.24) is 0 Å². The van der Waals surface area contributed by atoms with Crippen molar-refractivity contribution in [3.05, 3.63) is 0 Å². The summed E-state index contributed by atoms with van der Waals surface area (Å²) < 4.78 is 0. The van der Waals surface area contributed by atoms with Crippen molar-refractivity contribution >= 4 is 16.8 Å². The molecule has 3 nitrogen and oxygen atoms in total. The molecule has 0 amide bonds. The monoisotopic (exact) mass is 164 g/mol. The first-order valence-electron chi connectivity index (χ1n) is 3.33. The second kappa shape index (κ2) is 5.65. The van der Waals surface area contributed by atoms with E-state index in [2.05, 4.69) is 0 Å². The highest BCUT2D eigenvalue weighted by Crippen LogP contribution is 2.00. The van der Waals surface area contributed by atoms with Crippen LogP contribution in [0, 0.1) is 0 Å². The maximum Gasteiger partial charge on any atom is 0.238 e. The van der Waals surface area contributed by atoms with E-state index in [-0.39, 0.29) is 0 Å². The first-order chi connectivity index (χ1) is 4.68. The van der Waals surface area contributed by atoms with Gasteiger partial charge in [0, 0.05) is 0 Å². The Morgan fingerprint density at radius 2 is 2.10 bits per heavy atom. The number of hydrogen-bond donors (Lipinski definition) is 2. The van der Waals surface area contributed by atoms with E-state index in [1.165, 1.54) is 0 Å². The lowest BCUT2D eigenvalue weighted by atomic mass is 10.1. The van der Waals surface area contributed by atoms with Crippen LogP contribution in [0.3, 0.4) is 0 Å². The van der Waals surface area contributed by atoms with E-state index in [1.807, 2.05) is 0 Å². The van der Waals surface area contributed by atoms with Gasteiger partial charge in [0.05, 0.1) is 6.04 Å². The third-order valence-corrected chi connectivity index (χ3v) is 1.54. The molecule has 0 aliphatic rings. The SMILES string of the molecule is NCCCC[C@@H](N)C(=O)Cl. The quantitative estimate of drug-likeness (QED) is 0.451. The van der Waals surface area contributed by atoms with E-state index >= 15 is 0 Å². The predicted octanol–water partition coefficient (Wildman–Crippen LogP) is 0.208. The van der Waals surface area contributed by atoms with Crippen LogP contribution < -0.4 is 11.5 Å². The van der Waals surface area contributed by atoms with Crippen LogP contribution in [0.15, 0.2) is 0 Å². The van der Waals surface area contributed by atoms with Gasteiger partial charge in [-0.2, -0.15) is 0 Å². The molecule has 0 aliphatic carbocycles. The number of halogens is 1. The highest BCUT2D eigenvalue weighted by Gasteiger charge is 2.08. The molecule has 0 aromatic rings. The first-order valence-corrected chi connectivity index (χ1v) is 3.71. The topological polar surface area (TPSA) is 69.1 Å². The van der Waals surface area contributed by atoms with E-state index in [1.54, 1.807) is 0 Å². The van der Waals surface area contributed by atoms with E-state index < -0.39 is 11.3 Å². The Kier molecular flexibility index (Phi) is 5.58. The van der Waals surface area contributed by atoms with Crippen LogP contribution in [0.2, 0.25) is 0 Å². The third kappa shape index (κ3) is 4.73. The molecule has 0 aromatic carbocycles. The Bertz CT molecular complexity index is 108. The lowest BCUT2D eigenvalue weighted by molar-refractivity contribution is -0.112. The minimum Gasteiger partial charge on any atom is -0.330 e. The van der Waals surface area contributed by atoms with Crippen molar-refractivity contribution in [2.45, 2.75) is 25.3 Å². The molecule has 10 heavy (non-hydrogen) atoms. The van der Waals surface area contributed by atoms with Crippen LogP contribution in [0.25, 0.3) is 0 Å². The highest BCUT2D eigenvalue weighted by molar-refractivity contribution is 6.64. The van der Waals surface area contributed by atoms with Gasteiger partial charge in [0.25, 0.3) is 0 Å². The van der Waals surface area contributed by atoms with Gasteiger partial charge in [0.15, 0.2) is 0 Å². The molecule has 0 spiro atoms. The van der Waals surface area contributed by atoms with Gasteiger partial charge in [-0.25, -0.2) is 0 Å². The molecular formula is C6H13ClN2O. The van der Waals surface area contributed by atoms with Crippen LogP contribution in [-0.4, -0.2) is 17.8 Å². The van der Waals surface area contributed by atoms with Crippen LogP contribution in [0.5, 0.6) is 0 Å².